The number of aliphatic hydroxyl groups excluding tert-OH is 1. The van der Waals surface area contributed by atoms with Crippen molar-refractivity contribution in [3.05, 3.63) is 17.5 Å². The maximum atomic E-state index is 10.7. The lowest BCUT2D eigenvalue weighted by molar-refractivity contribution is 0.0741. The van der Waals surface area contributed by atoms with E-state index in [1.807, 2.05) is 17.9 Å². The zero-order valence-corrected chi connectivity index (χ0v) is 13.0. The van der Waals surface area contributed by atoms with Crippen LogP contribution in [0.2, 0.25) is 0 Å². The van der Waals surface area contributed by atoms with Gasteiger partial charge in [-0.2, -0.15) is 5.10 Å². The molecule has 1 aromatic heterocycles. The van der Waals surface area contributed by atoms with Gasteiger partial charge in [0, 0.05) is 24.2 Å². The van der Waals surface area contributed by atoms with Crippen LogP contribution in [0, 0.1) is 11.8 Å². The monoisotopic (exact) mass is 264 g/mol. The topological polar surface area (TPSA) is 38.0 Å². The van der Waals surface area contributed by atoms with Crippen molar-refractivity contribution in [2.75, 3.05) is 0 Å². The SMILES string of the molecule is CC1CCC(C(O)c2cn(C)nc2C(C)(C)C)CC1. The van der Waals surface area contributed by atoms with Crippen LogP contribution < -0.4 is 0 Å². The van der Waals surface area contributed by atoms with E-state index in [0.29, 0.717) is 5.92 Å². The molecule has 0 saturated heterocycles. The maximum Gasteiger partial charge on any atom is 0.0851 e. The van der Waals surface area contributed by atoms with Gasteiger partial charge in [-0.1, -0.05) is 40.5 Å². The van der Waals surface area contributed by atoms with Gasteiger partial charge in [-0.05, 0) is 24.7 Å². The Kier molecular flexibility index (Phi) is 4.05. The molecule has 2 rings (SSSR count). The minimum absolute atomic E-state index is 0.0144. The number of hydrogen-bond acceptors (Lipinski definition) is 2. The van der Waals surface area contributed by atoms with Gasteiger partial charge in [0.15, 0.2) is 0 Å². The zero-order chi connectivity index (χ0) is 14.2. The van der Waals surface area contributed by atoms with Crippen molar-refractivity contribution in [1.82, 2.24) is 9.78 Å². The normalized spacial score (nSPS) is 26.4. The van der Waals surface area contributed by atoms with Crippen molar-refractivity contribution in [3.63, 3.8) is 0 Å². The predicted octanol–water partition coefficient (Wildman–Crippen LogP) is 3.58. The van der Waals surface area contributed by atoms with Gasteiger partial charge in [-0.15, -0.1) is 0 Å². The molecule has 0 aromatic carbocycles. The molecule has 19 heavy (non-hydrogen) atoms. The third-order valence-corrected chi connectivity index (χ3v) is 4.39. The summed E-state index contributed by atoms with van der Waals surface area (Å²) in [6.07, 6.45) is 6.42. The Bertz CT molecular complexity index is 422. The van der Waals surface area contributed by atoms with Gasteiger partial charge in [-0.25, -0.2) is 0 Å². The van der Waals surface area contributed by atoms with Crippen LogP contribution >= 0.6 is 0 Å². The number of aliphatic hydroxyl groups is 1. The van der Waals surface area contributed by atoms with Gasteiger partial charge in [0.25, 0.3) is 0 Å². The first-order valence-corrected chi connectivity index (χ1v) is 7.51. The van der Waals surface area contributed by atoms with E-state index < -0.39 is 0 Å². The fourth-order valence-corrected chi connectivity index (χ4v) is 3.16. The molecule has 1 aliphatic rings. The molecule has 1 saturated carbocycles. The van der Waals surface area contributed by atoms with E-state index in [0.717, 1.165) is 30.0 Å². The van der Waals surface area contributed by atoms with Gasteiger partial charge in [0.1, 0.15) is 0 Å². The first kappa shape index (κ1) is 14.6. The van der Waals surface area contributed by atoms with Crippen LogP contribution in [0.25, 0.3) is 0 Å². The molecule has 1 aliphatic carbocycles. The van der Waals surface area contributed by atoms with Crippen LogP contribution in [0.1, 0.15) is 70.7 Å². The average Bonchev–Trinajstić information content (AvgIpc) is 2.71. The van der Waals surface area contributed by atoms with Crippen molar-refractivity contribution in [1.29, 1.82) is 0 Å². The van der Waals surface area contributed by atoms with E-state index in [2.05, 4.69) is 32.8 Å². The summed E-state index contributed by atoms with van der Waals surface area (Å²) in [6, 6.07) is 0. The second-order valence-corrected chi connectivity index (χ2v) is 7.32. The lowest BCUT2D eigenvalue weighted by Crippen LogP contribution is -2.22. The Labute approximate surface area is 117 Å². The van der Waals surface area contributed by atoms with E-state index in [1.54, 1.807) is 0 Å². The zero-order valence-electron chi connectivity index (χ0n) is 13.0. The molecule has 0 amide bonds. The van der Waals surface area contributed by atoms with E-state index in [4.69, 9.17) is 0 Å². The Hall–Kier alpha value is -0.830. The van der Waals surface area contributed by atoms with Gasteiger partial charge in [0.05, 0.1) is 11.8 Å². The Morgan fingerprint density at radius 1 is 1.26 bits per heavy atom. The standard InChI is InChI=1S/C16H28N2O/c1-11-6-8-12(9-7-11)14(19)13-10-18(5)17-15(13)16(2,3)4/h10-12,14,19H,6-9H2,1-5H3. The van der Waals surface area contributed by atoms with Crippen LogP contribution in [0.15, 0.2) is 6.20 Å². The van der Waals surface area contributed by atoms with Gasteiger partial charge in [-0.3, -0.25) is 4.68 Å². The summed E-state index contributed by atoms with van der Waals surface area (Å²) in [6.45, 7) is 8.80. The molecule has 1 N–H and O–H groups in total. The summed E-state index contributed by atoms with van der Waals surface area (Å²) < 4.78 is 1.84. The lowest BCUT2D eigenvalue weighted by Gasteiger charge is -2.31. The maximum absolute atomic E-state index is 10.7. The van der Waals surface area contributed by atoms with Crippen molar-refractivity contribution in [2.24, 2.45) is 18.9 Å². The van der Waals surface area contributed by atoms with Gasteiger partial charge in [0.2, 0.25) is 0 Å². The molecule has 1 atom stereocenters. The fourth-order valence-electron chi connectivity index (χ4n) is 3.16. The quantitative estimate of drug-likeness (QED) is 0.886. The highest BCUT2D eigenvalue weighted by atomic mass is 16.3. The first-order valence-electron chi connectivity index (χ1n) is 7.51. The average molecular weight is 264 g/mol. The highest BCUT2D eigenvalue weighted by Gasteiger charge is 2.31. The number of hydrogen-bond donors (Lipinski definition) is 1. The summed E-state index contributed by atoms with van der Waals surface area (Å²) in [4.78, 5) is 0. The number of aromatic nitrogens is 2. The molecule has 0 aliphatic heterocycles. The summed E-state index contributed by atoms with van der Waals surface area (Å²) in [7, 11) is 1.94. The molecule has 0 bridgehead atoms. The Morgan fingerprint density at radius 2 is 1.84 bits per heavy atom. The number of rotatable bonds is 2. The second kappa shape index (κ2) is 5.28. The van der Waals surface area contributed by atoms with Crippen LogP contribution in [-0.2, 0) is 12.5 Å². The van der Waals surface area contributed by atoms with E-state index >= 15 is 0 Å². The van der Waals surface area contributed by atoms with Crippen LogP contribution in [0.5, 0.6) is 0 Å². The van der Waals surface area contributed by atoms with Crippen LogP contribution in [0.3, 0.4) is 0 Å². The van der Waals surface area contributed by atoms with Gasteiger partial charge >= 0.3 is 0 Å². The molecule has 3 heteroatoms. The summed E-state index contributed by atoms with van der Waals surface area (Å²) >= 11 is 0. The minimum Gasteiger partial charge on any atom is -0.388 e. The molecule has 0 spiro atoms. The fraction of sp³-hybridized carbons (Fsp3) is 0.812. The van der Waals surface area contributed by atoms with Crippen LogP contribution in [-0.4, -0.2) is 14.9 Å². The number of aryl methyl sites for hydroxylation is 1. The lowest BCUT2D eigenvalue weighted by atomic mass is 9.77. The minimum atomic E-state index is -0.351. The molecule has 3 nitrogen and oxygen atoms in total. The first-order chi connectivity index (χ1) is 8.79. The van der Waals surface area contributed by atoms with Crippen molar-refractivity contribution < 1.29 is 5.11 Å². The predicted molar refractivity (Wildman–Crippen MR) is 78.0 cm³/mol. The molecular weight excluding hydrogens is 236 g/mol. The molecule has 0 radical (unpaired) electrons. The summed E-state index contributed by atoms with van der Waals surface area (Å²) in [5.74, 6) is 1.22. The second-order valence-electron chi connectivity index (χ2n) is 7.32. The molecule has 1 unspecified atom stereocenters. The third kappa shape index (κ3) is 3.19. The van der Waals surface area contributed by atoms with Crippen LogP contribution in [0.4, 0.5) is 0 Å². The smallest absolute Gasteiger partial charge is 0.0851 e. The van der Waals surface area contributed by atoms with E-state index in [9.17, 15) is 5.11 Å². The molecule has 108 valence electrons. The Balaban J connectivity index is 2.21. The molecule has 1 heterocycles. The van der Waals surface area contributed by atoms with Crippen molar-refractivity contribution >= 4 is 0 Å². The third-order valence-electron chi connectivity index (χ3n) is 4.39. The Morgan fingerprint density at radius 3 is 2.37 bits per heavy atom. The highest BCUT2D eigenvalue weighted by Crippen LogP contribution is 2.39. The van der Waals surface area contributed by atoms with Crippen molar-refractivity contribution in [3.8, 4) is 0 Å². The van der Waals surface area contributed by atoms with Crippen molar-refractivity contribution in [2.45, 2.75) is 64.9 Å². The molecule has 1 aromatic rings. The summed E-state index contributed by atoms with van der Waals surface area (Å²) in [5.41, 5.74) is 2.06. The highest BCUT2D eigenvalue weighted by molar-refractivity contribution is 5.26. The van der Waals surface area contributed by atoms with E-state index in [1.165, 1.54) is 12.8 Å². The molecule has 1 fully saturated rings. The molecular formula is C16H28N2O. The van der Waals surface area contributed by atoms with Gasteiger partial charge < -0.3 is 5.11 Å². The number of nitrogens with zero attached hydrogens (tertiary/aromatic N) is 2. The summed E-state index contributed by atoms with van der Waals surface area (Å²) in [5, 5.41) is 15.3. The largest absolute Gasteiger partial charge is 0.388 e. The van der Waals surface area contributed by atoms with E-state index in [-0.39, 0.29) is 11.5 Å².